The lowest BCUT2D eigenvalue weighted by molar-refractivity contribution is 0.280. The third kappa shape index (κ3) is 2.30. The highest BCUT2D eigenvalue weighted by Gasteiger charge is 2.34. The van der Waals surface area contributed by atoms with Crippen LogP contribution in [-0.4, -0.2) is 11.7 Å². The quantitative estimate of drug-likeness (QED) is 0.624. The molecule has 2 atom stereocenters. The Morgan fingerprint density at radius 3 is 2.60 bits per heavy atom. The average molecular weight is 142 g/mol. The summed E-state index contributed by atoms with van der Waals surface area (Å²) >= 11 is 0. The van der Waals surface area contributed by atoms with Crippen molar-refractivity contribution in [3.8, 4) is 0 Å². The Morgan fingerprint density at radius 2 is 2.00 bits per heavy atom. The zero-order chi connectivity index (χ0) is 7.40. The first-order chi connectivity index (χ1) is 4.88. The standard InChI is InChI=1S/C9H18O/c1-2-4-8-7-9(8)5-3-6-10/h8-10H,2-7H2,1H3. The van der Waals surface area contributed by atoms with E-state index in [2.05, 4.69) is 6.92 Å². The first-order valence-corrected chi connectivity index (χ1v) is 4.49. The molecule has 0 saturated heterocycles. The van der Waals surface area contributed by atoms with Gasteiger partial charge in [0.1, 0.15) is 0 Å². The first-order valence-electron chi connectivity index (χ1n) is 4.49. The van der Waals surface area contributed by atoms with Gasteiger partial charge in [-0.05, 0) is 31.1 Å². The summed E-state index contributed by atoms with van der Waals surface area (Å²) in [6, 6.07) is 0. The Morgan fingerprint density at radius 1 is 1.30 bits per heavy atom. The molecule has 2 unspecified atom stereocenters. The van der Waals surface area contributed by atoms with Gasteiger partial charge >= 0.3 is 0 Å². The summed E-state index contributed by atoms with van der Waals surface area (Å²) in [7, 11) is 0. The molecule has 0 radical (unpaired) electrons. The fraction of sp³-hybridized carbons (Fsp3) is 1.00. The van der Waals surface area contributed by atoms with Gasteiger partial charge in [-0.3, -0.25) is 0 Å². The van der Waals surface area contributed by atoms with Crippen LogP contribution in [0.4, 0.5) is 0 Å². The second-order valence-electron chi connectivity index (χ2n) is 3.41. The highest BCUT2D eigenvalue weighted by Crippen LogP contribution is 2.44. The molecule has 0 bridgehead atoms. The van der Waals surface area contributed by atoms with Crippen molar-refractivity contribution in [2.75, 3.05) is 6.61 Å². The largest absolute Gasteiger partial charge is 0.396 e. The van der Waals surface area contributed by atoms with Crippen molar-refractivity contribution in [1.29, 1.82) is 0 Å². The van der Waals surface area contributed by atoms with E-state index in [0.29, 0.717) is 6.61 Å². The van der Waals surface area contributed by atoms with Gasteiger partial charge in [0.2, 0.25) is 0 Å². The molecular weight excluding hydrogens is 124 g/mol. The van der Waals surface area contributed by atoms with E-state index >= 15 is 0 Å². The van der Waals surface area contributed by atoms with E-state index in [9.17, 15) is 0 Å². The minimum Gasteiger partial charge on any atom is -0.396 e. The minimum absolute atomic E-state index is 0.384. The van der Waals surface area contributed by atoms with Gasteiger partial charge in [-0.2, -0.15) is 0 Å². The lowest BCUT2D eigenvalue weighted by Crippen LogP contribution is -1.86. The minimum atomic E-state index is 0.384. The number of aliphatic hydroxyl groups excluding tert-OH is 1. The van der Waals surface area contributed by atoms with E-state index in [4.69, 9.17) is 5.11 Å². The van der Waals surface area contributed by atoms with Crippen LogP contribution in [0, 0.1) is 11.8 Å². The molecule has 1 fully saturated rings. The molecule has 0 aromatic rings. The fourth-order valence-electron chi connectivity index (χ4n) is 1.74. The van der Waals surface area contributed by atoms with Gasteiger partial charge in [-0.25, -0.2) is 0 Å². The Balaban J connectivity index is 1.92. The number of hydrogen-bond acceptors (Lipinski definition) is 1. The molecule has 0 heterocycles. The number of rotatable bonds is 5. The van der Waals surface area contributed by atoms with Crippen LogP contribution in [0.25, 0.3) is 0 Å². The number of aliphatic hydroxyl groups is 1. The highest BCUT2D eigenvalue weighted by atomic mass is 16.2. The fourth-order valence-corrected chi connectivity index (χ4v) is 1.74. The summed E-state index contributed by atoms with van der Waals surface area (Å²) in [5.41, 5.74) is 0. The van der Waals surface area contributed by atoms with Crippen LogP contribution in [0.3, 0.4) is 0 Å². The van der Waals surface area contributed by atoms with E-state index in [1.807, 2.05) is 0 Å². The molecule has 1 rings (SSSR count). The van der Waals surface area contributed by atoms with Crippen molar-refractivity contribution < 1.29 is 5.11 Å². The zero-order valence-electron chi connectivity index (χ0n) is 6.84. The topological polar surface area (TPSA) is 20.2 Å². The van der Waals surface area contributed by atoms with Crippen molar-refractivity contribution in [3.05, 3.63) is 0 Å². The Labute approximate surface area is 63.4 Å². The van der Waals surface area contributed by atoms with Crippen molar-refractivity contribution in [3.63, 3.8) is 0 Å². The zero-order valence-corrected chi connectivity index (χ0v) is 6.84. The molecule has 1 N–H and O–H groups in total. The second kappa shape index (κ2) is 3.97. The molecule has 1 saturated carbocycles. The lowest BCUT2D eigenvalue weighted by atomic mass is 10.1. The van der Waals surface area contributed by atoms with Crippen LogP contribution in [-0.2, 0) is 0 Å². The van der Waals surface area contributed by atoms with Crippen LogP contribution in [0.15, 0.2) is 0 Å². The lowest BCUT2D eigenvalue weighted by Gasteiger charge is -1.95. The summed E-state index contributed by atoms with van der Waals surface area (Å²) in [6.45, 7) is 2.64. The highest BCUT2D eigenvalue weighted by molar-refractivity contribution is 4.85. The molecular formula is C9H18O. The molecule has 0 aromatic heterocycles. The summed E-state index contributed by atoms with van der Waals surface area (Å²) < 4.78 is 0. The Hall–Kier alpha value is -0.0400. The van der Waals surface area contributed by atoms with Gasteiger partial charge < -0.3 is 5.11 Å². The van der Waals surface area contributed by atoms with Crippen LogP contribution in [0.2, 0.25) is 0 Å². The van der Waals surface area contributed by atoms with E-state index in [0.717, 1.165) is 18.3 Å². The van der Waals surface area contributed by atoms with Crippen LogP contribution < -0.4 is 0 Å². The second-order valence-corrected chi connectivity index (χ2v) is 3.41. The Bertz CT molecular complexity index is 90.7. The smallest absolute Gasteiger partial charge is 0.0431 e. The monoisotopic (exact) mass is 142 g/mol. The van der Waals surface area contributed by atoms with Crippen LogP contribution >= 0.6 is 0 Å². The molecule has 0 amide bonds. The molecule has 60 valence electrons. The predicted octanol–water partition coefficient (Wildman–Crippen LogP) is 2.20. The molecule has 0 spiro atoms. The molecule has 0 aromatic carbocycles. The maximum Gasteiger partial charge on any atom is 0.0431 e. The van der Waals surface area contributed by atoms with Crippen molar-refractivity contribution in [2.45, 2.75) is 39.0 Å². The molecule has 1 heteroatoms. The summed E-state index contributed by atoms with van der Waals surface area (Å²) in [6.07, 6.45) is 6.47. The van der Waals surface area contributed by atoms with Crippen molar-refractivity contribution >= 4 is 0 Å². The maximum atomic E-state index is 8.56. The number of hydrogen-bond donors (Lipinski definition) is 1. The van der Waals surface area contributed by atoms with E-state index in [-0.39, 0.29) is 0 Å². The molecule has 1 aliphatic carbocycles. The van der Waals surface area contributed by atoms with E-state index in [1.165, 1.54) is 25.7 Å². The maximum absolute atomic E-state index is 8.56. The molecule has 1 aliphatic rings. The Kier molecular flexibility index (Phi) is 3.20. The van der Waals surface area contributed by atoms with Crippen LogP contribution in [0.1, 0.15) is 39.0 Å². The van der Waals surface area contributed by atoms with Crippen molar-refractivity contribution in [2.24, 2.45) is 11.8 Å². The third-order valence-corrected chi connectivity index (χ3v) is 2.46. The van der Waals surface area contributed by atoms with Crippen molar-refractivity contribution in [1.82, 2.24) is 0 Å². The molecule has 10 heavy (non-hydrogen) atoms. The average Bonchev–Trinajstić information content (AvgIpc) is 2.65. The van der Waals surface area contributed by atoms with E-state index in [1.54, 1.807) is 0 Å². The van der Waals surface area contributed by atoms with Gasteiger partial charge in [0.25, 0.3) is 0 Å². The first kappa shape index (κ1) is 8.06. The van der Waals surface area contributed by atoms with Gasteiger partial charge in [0.05, 0.1) is 0 Å². The van der Waals surface area contributed by atoms with Gasteiger partial charge in [0, 0.05) is 6.61 Å². The van der Waals surface area contributed by atoms with Crippen LogP contribution in [0.5, 0.6) is 0 Å². The molecule has 1 nitrogen and oxygen atoms in total. The van der Waals surface area contributed by atoms with Gasteiger partial charge in [-0.1, -0.05) is 19.8 Å². The molecule has 0 aliphatic heterocycles. The summed E-state index contributed by atoms with van der Waals surface area (Å²) in [4.78, 5) is 0. The summed E-state index contributed by atoms with van der Waals surface area (Å²) in [5.74, 6) is 2.00. The van der Waals surface area contributed by atoms with Gasteiger partial charge in [0.15, 0.2) is 0 Å². The third-order valence-electron chi connectivity index (χ3n) is 2.46. The van der Waals surface area contributed by atoms with E-state index < -0.39 is 0 Å². The SMILES string of the molecule is CCCC1CC1CCCO. The summed E-state index contributed by atoms with van der Waals surface area (Å²) in [5, 5.41) is 8.56. The normalized spacial score (nSPS) is 30.6. The predicted molar refractivity (Wildman–Crippen MR) is 42.8 cm³/mol. The van der Waals surface area contributed by atoms with Gasteiger partial charge in [-0.15, -0.1) is 0 Å².